The lowest BCUT2D eigenvalue weighted by molar-refractivity contribution is 0.102. The Bertz CT molecular complexity index is 474. The van der Waals surface area contributed by atoms with Gasteiger partial charge in [0.15, 0.2) is 0 Å². The molecule has 0 aliphatic carbocycles. The number of amides is 1. The minimum absolute atomic E-state index is 0.220. The van der Waals surface area contributed by atoms with Gasteiger partial charge in [-0.25, -0.2) is 4.98 Å². The van der Waals surface area contributed by atoms with Gasteiger partial charge in [0.25, 0.3) is 5.91 Å². The Balaban J connectivity index is 2.15. The molecule has 0 bridgehead atoms. The van der Waals surface area contributed by atoms with Gasteiger partial charge in [0.1, 0.15) is 10.8 Å². The van der Waals surface area contributed by atoms with Gasteiger partial charge in [-0.1, -0.05) is 27.3 Å². The summed E-state index contributed by atoms with van der Waals surface area (Å²) in [5.74, 6) is -0.393. The first-order chi connectivity index (χ1) is 7.25. The maximum atomic E-state index is 11.5. The van der Waals surface area contributed by atoms with Crippen molar-refractivity contribution in [1.82, 2.24) is 19.8 Å². The molecule has 0 atom stereocenters. The number of rotatable bonds is 2. The summed E-state index contributed by atoms with van der Waals surface area (Å²) in [6, 6.07) is 4.78. The molecule has 76 valence electrons. The zero-order valence-electron chi connectivity index (χ0n) is 7.22. The number of anilines is 1. The van der Waals surface area contributed by atoms with Crippen molar-refractivity contribution in [1.29, 1.82) is 0 Å². The third-order valence-corrected chi connectivity index (χ3v) is 2.19. The molecule has 0 spiro atoms. The zero-order valence-corrected chi connectivity index (χ0v) is 8.79. The Morgan fingerprint density at radius 3 is 3.00 bits per heavy atom. The average Bonchev–Trinajstić information content (AvgIpc) is 2.70. The highest BCUT2D eigenvalue weighted by molar-refractivity contribution is 7.09. The van der Waals surface area contributed by atoms with Crippen molar-refractivity contribution in [3.05, 3.63) is 29.0 Å². The number of carbonyl (C=O) groups excluding carboxylic acids is 1. The van der Waals surface area contributed by atoms with E-state index in [9.17, 15) is 4.79 Å². The van der Waals surface area contributed by atoms with Crippen molar-refractivity contribution < 1.29 is 4.79 Å². The van der Waals surface area contributed by atoms with Crippen molar-refractivity contribution in [2.24, 2.45) is 0 Å². The van der Waals surface area contributed by atoms with Crippen molar-refractivity contribution in [2.45, 2.75) is 0 Å². The van der Waals surface area contributed by atoms with E-state index in [1.165, 1.54) is 0 Å². The third kappa shape index (κ3) is 2.45. The number of nitrogens with one attached hydrogen (secondary N) is 1. The van der Waals surface area contributed by atoms with E-state index in [-0.39, 0.29) is 10.8 Å². The molecular weight excluding hydrogens is 238 g/mol. The molecule has 0 radical (unpaired) electrons. The number of hydrogen-bond acceptors (Lipinski definition) is 6. The molecule has 1 amide bonds. The highest BCUT2D eigenvalue weighted by atomic mass is 35.5. The number of pyridine rings is 1. The highest BCUT2D eigenvalue weighted by Crippen LogP contribution is 2.09. The van der Waals surface area contributed by atoms with Gasteiger partial charge in [-0.2, -0.15) is 0 Å². The minimum Gasteiger partial charge on any atom is -0.294 e. The number of carbonyl (C=O) groups is 1. The molecular formula is C7H4ClN5OS. The monoisotopic (exact) mass is 241 g/mol. The van der Waals surface area contributed by atoms with Crippen LogP contribution in [0.2, 0.25) is 5.15 Å². The Morgan fingerprint density at radius 2 is 2.33 bits per heavy atom. The summed E-state index contributed by atoms with van der Waals surface area (Å²) >= 11 is 6.63. The Morgan fingerprint density at radius 1 is 1.47 bits per heavy atom. The van der Waals surface area contributed by atoms with E-state index in [1.807, 2.05) is 0 Å². The Labute approximate surface area is 93.5 Å². The lowest BCUT2D eigenvalue weighted by Crippen LogP contribution is -2.13. The predicted octanol–water partition coefficient (Wildman–Crippen LogP) is 1.23. The molecule has 2 rings (SSSR count). The summed E-state index contributed by atoms with van der Waals surface area (Å²) in [4.78, 5) is 15.4. The van der Waals surface area contributed by atoms with Crippen LogP contribution >= 0.6 is 23.1 Å². The second-order valence-electron chi connectivity index (χ2n) is 2.47. The fourth-order valence-corrected chi connectivity index (χ4v) is 1.40. The Kier molecular flexibility index (Phi) is 2.84. The average molecular weight is 242 g/mol. The first kappa shape index (κ1) is 9.94. The molecule has 2 aromatic heterocycles. The molecule has 0 aromatic carbocycles. The van der Waals surface area contributed by atoms with Crippen molar-refractivity contribution in [3.63, 3.8) is 0 Å². The van der Waals surface area contributed by atoms with Crippen LogP contribution in [0, 0.1) is 0 Å². The topological polar surface area (TPSA) is 80.7 Å². The first-order valence-corrected chi connectivity index (χ1v) is 5.00. The van der Waals surface area contributed by atoms with E-state index >= 15 is 0 Å². The summed E-state index contributed by atoms with van der Waals surface area (Å²) in [5.41, 5.74) is 0.220. The standard InChI is InChI=1S/C7H4ClN5OS/c8-5-3-1-2-4(9-5)6(14)10-7-11-12-13-15-7/h1-3H,(H,10,11,13,14). The van der Waals surface area contributed by atoms with Gasteiger partial charge in [-0.05, 0) is 17.3 Å². The molecule has 0 fully saturated rings. The van der Waals surface area contributed by atoms with Gasteiger partial charge in [0.2, 0.25) is 5.13 Å². The van der Waals surface area contributed by atoms with Crippen LogP contribution in [0.5, 0.6) is 0 Å². The number of aromatic nitrogens is 4. The van der Waals surface area contributed by atoms with Crippen LogP contribution in [-0.4, -0.2) is 25.7 Å². The van der Waals surface area contributed by atoms with Crippen molar-refractivity contribution >= 4 is 34.2 Å². The third-order valence-electron chi connectivity index (χ3n) is 1.47. The number of halogens is 1. The van der Waals surface area contributed by atoms with Crippen LogP contribution in [0.1, 0.15) is 10.5 Å². The van der Waals surface area contributed by atoms with Crippen molar-refractivity contribution in [2.75, 3.05) is 5.32 Å². The van der Waals surface area contributed by atoms with E-state index in [4.69, 9.17) is 11.6 Å². The molecule has 1 N–H and O–H groups in total. The molecule has 2 aromatic rings. The number of hydrogen-bond donors (Lipinski definition) is 1. The van der Waals surface area contributed by atoms with Gasteiger partial charge < -0.3 is 0 Å². The molecule has 2 heterocycles. The maximum Gasteiger partial charge on any atom is 0.276 e. The van der Waals surface area contributed by atoms with E-state index in [2.05, 4.69) is 25.1 Å². The summed E-state index contributed by atoms with van der Waals surface area (Å²) in [5, 5.41) is 9.98. The van der Waals surface area contributed by atoms with Crippen LogP contribution in [-0.2, 0) is 0 Å². The molecule has 0 saturated heterocycles. The molecule has 8 heteroatoms. The number of nitrogens with zero attached hydrogens (tertiary/aromatic N) is 4. The van der Waals surface area contributed by atoms with E-state index in [1.54, 1.807) is 18.2 Å². The minimum atomic E-state index is -0.393. The second-order valence-corrected chi connectivity index (χ2v) is 3.59. The van der Waals surface area contributed by atoms with Gasteiger partial charge in [0.05, 0.1) is 0 Å². The quantitative estimate of drug-likeness (QED) is 0.800. The molecule has 0 aliphatic heterocycles. The van der Waals surface area contributed by atoms with E-state index in [0.29, 0.717) is 5.13 Å². The van der Waals surface area contributed by atoms with Gasteiger partial charge in [-0.15, -0.1) is 0 Å². The molecule has 6 nitrogen and oxygen atoms in total. The molecule has 0 aliphatic rings. The van der Waals surface area contributed by atoms with E-state index < -0.39 is 5.91 Å². The maximum absolute atomic E-state index is 11.5. The lowest BCUT2D eigenvalue weighted by atomic mass is 10.3. The van der Waals surface area contributed by atoms with Crippen LogP contribution in [0.3, 0.4) is 0 Å². The summed E-state index contributed by atoms with van der Waals surface area (Å²) < 4.78 is 3.51. The smallest absolute Gasteiger partial charge is 0.276 e. The first-order valence-electron chi connectivity index (χ1n) is 3.84. The van der Waals surface area contributed by atoms with Crippen LogP contribution in [0.25, 0.3) is 0 Å². The fraction of sp³-hybridized carbons (Fsp3) is 0. The lowest BCUT2D eigenvalue weighted by Gasteiger charge is -1.99. The van der Waals surface area contributed by atoms with Gasteiger partial charge >= 0.3 is 0 Å². The predicted molar refractivity (Wildman–Crippen MR) is 54.9 cm³/mol. The zero-order chi connectivity index (χ0) is 10.7. The molecule has 0 unspecified atom stereocenters. The van der Waals surface area contributed by atoms with Gasteiger partial charge in [-0.3, -0.25) is 10.1 Å². The SMILES string of the molecule is O=C(Nc1nnns1)c1cccc(Cl)n1. The van der Waals surface area contributed by atoms with Crippen LogP contribution in [0.15, 0.2) is 18.2 Å². The van der Waals surface area contributed by atoms with E-state index in [0.717, 1.165) is 11.5 Å². The second kappa shape index (κ2) is 4.28. The normalized spacial score (nSPS) is 9.93. The van der Waals surface area contributed by atoms with Crippen molar-refractivity contribution in [3.8, 4) is 0 Å². The summed E-state index contributed by atoms with van der Waals surface area (Å²) in [6.07, 6.45) is 0. The fourth-order valence-electron chi connectivity index (χ4n) is 0.878. The summed E-state index contributed by atoms with van der Waals surface area (Å²) in [7, 11) is 0. The van der Waals surface area contributed by atoms with Crippen LogP contribution in [0.4, 0.5) is 5.13 Å². The Hall–Kier alpha value is -1.60. The summed E-state index contributed by atoms with van der Waals surface area (Å²) in [6.45, 7) is 0. The molecule has 0 saturated carbocycles. The highest BCUT2D eigenvalue weighted by Gasteiger charge is 2.09. The van der Waals surface area contributed by atoms with Crippen LogP contribution < -0.4 is 5.32 Å². The largest absolute Gasteiger partial charge is 0.294 e. The van der Waals surface area contributed by atoms with Gasteiger partial charge in [0, 0.05) is 11.5 Å². The molecule has 15 heavy (non-hydrogen) atoms.